The molecule has 1 saturated heterocycles. The molecule has 1 heterocycles. The second kappa shape index (κ2) is 8.68. The van der Waals surface area contributed by atoms with Crippen molar-refractivity contribution in [2.24, 2.45) is 0 Å². The monoisotopic (exact) mass is 367 g/mol. The van der Waals surface area contributed by atoms with Gasteiger partial charge in [0.2, 0.25) is 5.91 Å². The van der Waals surface area contributed by atoms with Crippen LogP contribution in [0.4, 0.5) is 10.5 Å². The number of para-hydroxylation sites is 1. The lowest BCUT2D eigenvalue weighted by Gasteiger charge is -2.24. The van der Waals surface area contributed by atoms with E-state index in [0.29, 0.717) is 12.2 Å². The highest BCUT2D eigenvalue weighted by Gasteiger charge is 2.38. The van der Waals surface area contributed by atoms with Gasteiger partial charge in [-0.2, -0.15) is 0 Å². The van der Waals surface area contributed by atoms with Gasteiger partial charge in [-0.15, -0.1) is 0 Å². The van der Waals surface area contributed by atoms with Crippen molar-refractivity contribution in [2.45, 2.75) is 31.9 Å². The summed E-state index contributed by atoms with van der Waals surface area (Å²) < 4.78 is 0. The van der Waals surface area contributed by atoms with E-state index in [1.54, 1.807) is 12.1 Å². The Labute approximate surface area is 159 Å². The Morgan fingerprint density at radius 2 is 1.93 bits per heavy atom. The van der Waals surface area contributed by atoms with Gasteiger partial charge in [0.1, 0.15) is 6.04 Å². The number of amides is 3. The first-order chi connectivity index (χ1) is 13.0. The zero-order chi connectivity index (χ0) is 19.2. The summed E-state index contributed by atoms with van der Waals surface area (Å²) in [7, 11) is 0. The minimum atomic E-state index is -0.695. The van der Waals surface area contributed by atoms with Crippen LogP contribution in [-0.2, 0) is 11.2 Å². The van der Waals surface area contributed by atoms with E-state index in [1.807, 2.05) is 43.3 Å². The van der Waals surface area contributed by atoms with Crippen LogP contribution in [0, 0.1) is 6.92 Å². The van der Waals surface area contributed by atoms with Gasteiger partial charge < -0.3 is 20.6 Å². The number of carbonyl (C=O) groups is 2. The summed E-state index contributed by atoms with van der Waals surface area (Å²) in [6.45, 7) is 2.67. The lowest BCUT2D eigenvalue weighted by Crippen LogP contribution is -2.47. The molecule has 3 N–H and O–H groups in total. The zero-order valence-corrected chi connectivity index (χ0v) is 15.4. The molecule has 2 aromatic rings. The maximum absolute atomic E-state index is 12.6. The summed E-state index contributed by atoms with van der Waals surface area (Å²) in [6, 6.07) is 16.2. The Balaban J connectivity index is 1.56. The molecular weight excluding hydrogens is 342 g/mol. The van der Waals surface area contributed by atoms with Crippen LogP contribution in [0.15, 0.2) is 54.6 Å². The molecule has 0 saturated carbocycles. The van der Waals surface area contributed by atoms with E-state index < -0.39 is 12.1 Å². The van der Waals surface area contributed by atoms with Crippen molar-refractivity contribution in [3.63, 3.8) is 0 Å². The Hall–Kier alpha value is -2.86. The quantitative estimate of drug-likeness (QED) is 0.759. The number of likely N-dealkylation sites (tertiary alicyclic amines) is 1. The van der Waals surface area contributed by atoms with E-state index in [9.17, 15) is 14.7 Å². The standard InChI is InChI=1S/C21H25N3O3/c1-15-6-5-7-16(12-15)10-11-22-20(26)19-13-18(25)14-24(19)21(27)23-17-8-3-2-4-9-17/h2-9,12,18-19,25H,10-11,13-14H2,1H3,(H,22,26)(H,23,27)/t18-,19+/m1/s1. The fourth-order valence-corrected chi connectivity index (χ4v) is 3.32. The number of aryl methyl sites for hydroxylation is 1. The fraction of sp³-hybridized carbons (Fsp3) is 0.333. The molecule has 2 aromatic carbocycles. The van der Waals surface area contributed by atoms with E-state index in [-0.39, 0.29) is 24.9 Å². The molecule has 0 unspecified atom stereocenters. The molecule has 2 atom stereocenters. The van der Waals surface area contributed by atoms with Crippen LogP contribution in [-0.4, -0.2) is 47.2 Å². The van der Waals surface area contributed by atoms with E-state index >= 15 is 0 Å². The number of aliphatic hydroxyl groups excluding tert-OH is 1. The number of hydrogen-bond donors (Lipinski definition) is 3. The zero-order valence-electron chi connectivity index (χ0n) is 15.4. The lowest BCUT2D eigenvalue weighted by atomic mass is 10.1. The number of rotatable bonds is 5. The number of anilines is 1. The highest BCUT2D eigenvalue weighted by atomic mass is 16.3. The van der Waals surface area contributed by atoms with Crippen LogP contribution in [0.1, 0.15) is 17.5 Å². The molecular formula is C21H25N3O3. The number of carbonyl (C=O) groups excluding carboxylic acids is 2. The molecule has 142 valence electrons. The number of nitrogens with zero attached hydrogens (tertiary/aromatic N) is 1. The van der Waals surface area contributed by atoms with Gasteiger partial charge in [-0.05, 0) is 31.0 Å². The van der Waals surface area contributed by atoms with Gasteiger partial charge in [-0.1, -0.05) is 48.0 Å². The Bertz CT molecular complexity index is 794. The summed E-state index contributed by atoms with van der Waals surface area (Å²) in [5, 5.41) is 15.6. The van der Waals surface area contributed by atoms with Crippen LogP contribution in [0.5, 0.6) is 0 Å². The second-order valence-electron chi connectivity index (χ2n) is 6.88. The average Bonchev–Trinajstić information content (AvgIpc) is 3.05. The van der Waals surface area contributed by atoms with Gasteiger partial charge in [0.05, 0.1) is 6.10 Å². The molecule has 6 heteroatoms. The summed E-state index contributed by atoms with van der Waals surface area (Å²) in [6.07, 6.45) is 0.274. The topological polar surface area (TPSA) is 81.7 Å². The number of urea groups is 1. The maximum atomic E-state index is 12.6. The molecule has 0 bridgehead atoms. The van der Waals surface area contributed by atoms with Crippen molar-refractivity contribution in [1.29, 1.82) is 0 Å². The van der Waals surface area contributed by atoms with E-state index in [0.717, 1.165) is 12.0 Å². The molecule has 0 aromatic heterocycles. The molecule has 0 aliphatic carbocycles. The molecule has 0 spiro atoms. The second-order valence-corrected chi connectivity index (χ2v) is 6.88. The minimum Gasteiger partial charge on any atom is -0.391 e. The van der Waals surface area contributed by atoms with Gasteiger partial charge in [0.15, 0.2) is 0 Å². The van der Waals surface area contributed by atoms with Crippen LogP contribution < -0.4 is 10.6 Å². The van der Waals surface area contributed by atoms with Gasteiger partial charge >= 0.3 is 6.03 Å². The summed E-state index contributed by atoms with van der Waals surface area (Å²) in [5.41, 5.74) is 2.99. The van der Waals surface area contributed by atoms with Crippen molar-refractivity contribution in [2.75, 3.05) is 18.4 Å². The molecule has 1 fully saturated rings. The number of hydrogen-bond acceptors (Lipinski definition) is 3. The van der Waals surface area contributed by atoms with Gasteiger partial charge in [-0.25, -0.2) is 4.79 Å². The molecule has 3 amide bonds. The first-order valence-corrected chi connectivity index (χ1v) is 9.17. The highest BCUT2D eigenvalue weighted by Crippen LogP contribution is 2.20. The van der Waals surface area contributed by atoms with Gasteiger partial charge in [0.25, 0.3) is 0 Å². The van der Waals surface area contributed by atoms with Crippen LogP contribution in [0.25, 0.3) is 0 Å². The van der Waals surface area contributed by atoms with Crippen molar-refractivity contribution in [3.05, 3.63) is 65.7 Å². The molecule has 1 aliphatic heterocycles. The largest absolute Gasteiger partial charge is 0.391 e. The predicted octanol–water partition coefficient (Wildman–Crippen LogP) is 2.32. The number of β-amino-alcohol motifs (C(OH)–C–C–N with tert-alkyl or cyclic N) is 1. The summed E-state index contributed by atoms with van der Waals surface area (Å²) in [4.78, 5) is 26.5. The maximum Gasteiger partial charge on any atom is 0.322 e. The average molecular weight is 367 g/mol. The van der Waals surface area contributed by atoms with Crippen LogP contribution in [0.3, 0.4) is 0 Å². The molecule has 0 radical (unpaired) electrons. The van der Waals surface area contributed by atoms with Crippen molar-refractivity contribution < 1.29 is 14.7 Å². The lowest BCUT2D eigenvalue weighted by molar-refractivity contribution is -0.124. The van der Waals surface area contributed by atoms with E-state index in [1.165, 1.54) is 10.5 Å². The van der Waals surface area contributed by atoms with Crippen LogP contribution in [0.2, 0.25) is 0 Å². The van der Waals surface area contributed by atoms with Gasteiger partial charge in [-0.3, -0.25) is 4.79 Å². The molecule has 6 nitrogen and oxygen atoms in total. The smallest absolute Gasteiger partial charge is 0.322 e. The first kappa shape index (κ1) is 18.9. The van der Waals surface area contributed by atoms with Crippen molar-refractivity contribution in [1.82, 2.24) is 10.2 Å². The third-order valence-corrected chi connectivity index (χ3v) is 4.66. The van der Waals surface area contributed by atoms with Gasteiger partial charge in [0, 0.05) is 25.2 Å². The minimum absolute atomic E-state index is 0.147. The predicted molar refractivity (Wildman–Crippen MR) is 104 cm³/mol. The number of aliphatic hydroxyl groups is 1. The third kappa shape index (κ3) is 5.08. The highest BCUT2D eigenvalue weighted by molar-refractivity contribution is 5.94. The normalized spacial score (nSPS) is 19.0. The Morgan fingerprint density at radius 1 is 1.15 bits per heavy atom. The van der Waals surface area contributed by atoms with Crippen molar-refractivity contribution >= 4 is 17.6 Å². The van der Waals surface area contributed by atoms with Crippen molar-refractivity contribution in [3.8, 4) is 0 Å². The summed E-state index contributed by atoms with van der Waals surface area (Å²) >= 11 is 0. The summed E-state index contributed by atoms with van der Waals surface area (Å²) in [5.74, 6) is -0.234. The number of nitrogens with one attached hydrogen (secondary N) is 2. The Morgan fingerprint density at radius 3 is 2.67 bits per heavy atom. The molecule has 27 heavy (non-hydrogen) atoms. The first-order valence-electron chi connectivity index (χ1n) is 9.17. The van der Waals surface area contributed by atoms with E-state index in [4.69, 9.17) is 0 Å². The Kier molecular flexibility index (Phi) is 6.08. The fourth-order valence-electron chi connectivity index (χ4n) is 3.32. The third-order valence-electron chi connectivity index (χ3n) is 4.66. The SMILES string of the molecule is Cc1cccc(CCNC(=O)[C@@H]2C[C@@H](O)CN2C(=O)Nc2ccccc2)c1. The molecule has 3 rings (SSSR count). The number of benzene rings is 2. The van der Waals surface area contributed by atoms with Crippen LogP contribution >= 0.6 is 0 Å². The van der Waals surface area contributed by atoms with E-state index in [2.05, 4.69) is 16.7 Å². The molecule has 1 aliphatic rings.